The second kappa shape index (κ2) is 14.1. The first-order valence-corrected chi connectivity index (χ1v) is 19.6. The van der Waals surface area contributed by atoms with Crippen LogP contribution < -0.4 is 11.0 Å². The van der Waals surface area contributed by atoms with E-state index in [1.165, 1.54) is 0 Å². The van der Waals surface area contributed by atoms with Crippen LogP contribution in [0, 0.1) is 45.3 Å². The van der Waals surface area contributed by atoms with E-state index in [9.17, 15) is 35.0 Å². The molecule has 0 aromatic carbocycles. The van der Waals surface area contributed by atoms with E-state index < -0.39 is 56.8 Å². The second-order valence-corrected chi connectivity index (χ2v) is 19.1. The molecule has 0 amide bonds. The molecule has 10 N–H and O–H groups in total. The van der Waals surface area contributed by atoms with Gasteiger partial charge in [-0.05, 0) is 124 Å². The number of ether oxygens (including phenoxy) is 2. The molecule has 1 saturated heterocycles. The minimum Gasteiger partial charge on any atom is -0.756 e. The zero-order valence-corrected chi connectivity index (χ0v) is 32.1. The Labute approximate surface area is 292 Å². The summed E-state index contributed by atoms with van der Waals surface area (Å²) in [6, 6.07) is 0. The minimum atomic E-state index is -5.14. The van der Waals surface area contributed by atoms with Gasteiger partial charge in [0.15, 0.2) is 6.29 Å². The first kappa shape index (κ1) is 41.3. The van der Waals surface area contributed by atoms with Crippen LogP contribution in [0.2, 0.25) is 0 Å². The zero-order valence-electron chi connectivity index (χ0n) is 31.2. The molecule has 0 aromatic rings. The van der Waals surface area contributed by atoms with Crippen LogP contribution in [0.25, 0.3) is 0 Å². The Morgan fingerprint density at radius 1 is 0.939 bits per heavy atom. The first-order valence-electron chi connectivity index (χ1n) is 18.1. The van der Waals surface area contributed by atoms with Crippen LogP contribution >= 0.6 is 7.82 Å². The van der Waals surface area contributed by atoms with Gasteiger partial charge in [-0.1, -0.05) is 46.3 Å². The number of aliphatic hydroxyl groups excluding tert-OH is 5. The van der Waals surface area contributed by atoms with Crippen molar-refractivity contribution in [2.24, 2.45) is 45.3 Å². The number of fused-ring (bicyclic) bond motifs is 5. The third-order valence-corrected chi connectivity index (χ3v) is 15.3. The third-order valence-electron chi connectivity index (χ3n) is 14.8. The smallest absolute Gasteiger partial charge is 0.265 e. The number of rotatable bonds is 9. The van der Waals surface area contributed by atoms with Crippen molar-refractivity contribution in [2.45, 2.75) is 162 Å². The average molecular weight is 720 g/mol. The Bertz CT molecular complexity index is 1260. The summed E-state index contributed by atoms with van der Waals surface area (Å²) < 4.78 is 28.4. The fourth-order valence-electron chi connectivity index (χ4n) is 12.0. The molecule has 12 nitrogen and oxygen atoms in total. The van der Waals surface area contributed by atoms with Gasteiger partial charge in [-0.3, -0.25) is 4.57 Å². The number of quaternary nitrogens is 1. The Hall–Kier alpha value is -0.470. The van der Waals surface area contributed by atoms with Gasteiger partial charge in [0.1, 0.15) is 24.4 Å². The number of hydrogen-bond donors (Lipinski definition) is 7. The predicted octanol–water partition coefficient (Wildman–Crippen LogP) is 4.19. The average Bonchev–Trinajstić information content (AvgIpc) is 3.36. The highest BCUT2D eigenvalue weighted by atomic mass is 31.2. The lowest BCUT2D eigenvalue weighted by molar-refractivity contribution is -0.337. The molecule has 0 bridgehead atoms. The molecule has 4 saturated carbocycles. The van der Waals surface area contributed by atoms with Crippen molar-refractivity contribution in [3.8, 4) is 0 Å². The summed E-state index contributed by atoms with van der Waals surface area (Å²) in [4.78, 5) is 20.4. The number of hydrogen-bond acceptors (Lipinski definition) is 10. The van der Waals surface area contributed by atoms with Crippen molar-refractivity contribution in [1.82, 2.24) is 6.15 Å². The van der Waals surface area contributed by atoms with E-state index in [0.29, 0.717) is 25.2 Å². The standard InChI is InChI=1S/C36H63O11P.H3N/c1-20(2)10-9-14-36(8,47-31-30(41)29(40)28(39)23(46-31)19-45-48(42,43)44)21-11-16-35(7)27(21)22(37)18-25-33(5)15-13-26(38)32(3,4)24(33)12-17-34(25,35)6;/h10,21-31,37-41H,9,11-19H2,1-8H3,(H2,42,43,44);1H3/t21?,22-,23-,24?,25?,26+,27?,28-,29+,30-,31+,33+,34-,35-,36+;/m1./s1. The quantitative estimate of drug-likeness (QED) is 0.132. The lowest BCUT2D eigenvalue weighted by Crippen LogP contribution is -2.67. The van der Waals surface area contributed by atoms with Gasteiger partial charge in [0.05, 0.1) is 24.4 Å². The Kier molecular flexibility index (Phi) is 11.9. The highest BCUT2D eigenvalue weighted by molar-refractivity contribution is 7.44. The summed E-state index contributed by atoms with van der Waals surface area (Å²) in [6.07, 6.45) is 0.608. The van der Waals surface area contributed by atoms with Crippen LogP contribution in [-0.2, 0) is 18.6 Å². The molecule has 286 valence electrons. The van der Waals surface area contributed by atoms with E-state index in [1.807, 2.05) is 20.8 Å². The molecule has 5 aliphatic rings. The van der Waals surface area contributed by atoms with Crippen LogP contribution in [0.4, 0.5) is 0 Å². The maximum absolute atomic E-state index is 12.3. The molecule has 1 heterocycles. The molecule has 5 rings (SSSR count). The summed E-state index contributed by atoms with van der Waals surface area (Å²) in [5.74, 6) is 0.394. The predicted molar refractivity (Wildman–Crippen MR) is 183 cm³/mol. The molecule has 13 heteroatoms. The van der Waals surface area contributed by atoms with Crippen molar-refractivity contribution >= 4 is 7.82 Å². The Morgan fingerprint density at radius 3 is 2.18 bits per heavy atom. The summed E-state index contributed by atoms with van der Waals surface area (Å²) in [5.41, 5.74) is -0.289. The van der Waals surface area contributed by atoms with E-state index in [2.05, 4.69) is 45.2 Å². The van der Waals surface area contributed by atoms with Gasteiger partial charge in [-0.25, -0.2) is 0 Å². The Balaban J connectivity index is 0.00000541. The molecular formula is C36H66NO11P. The van der Waals surface area contributed by atoms with E-state index >= 15 is 0 Å². The molecule has 49 heavy (non-hydrogen) atoms. The fraction of sp³-hybridized carbons (Fsp3) is 0.944. The van der Waals surface area contributed by atoms with Gasteiger partial charge in [0, 0.05) is 0 Å². The lowest BCUT2D eigenvalue weighted by Gasteiger charge is -2.70. The monoisotopic (exact) mass is 719 g/mol. The van der Waals surface area contributed by atoms with Crippen molar-refractivity contribution in [3.63, 3.8) is 0 Å². The zero-order chi connectivity index (χ0) is 35.8. The number of allylic oxidation sites excluding steroid dienone is 2. The molecule has 0 spiro atoms. The SMILES string of the molecule is CC(C)=CCC[C@](C)(O[C@@H]1O[C@H](COP(=O)([O-])O)[C@@H](O)[C@H](O)[C@H]1O)C1CC[C@]2(C)C1[C@H](O)CC1[C@@]3(C)CC[C@H](O)C(C)(C)C3CC[C@]12C.[NH4+]. The van der Waals surface area contributed by atoms with E-state index in [4.69, 9.17) is 14.4 Å². The van der Waals surface area contributed by atoms with Crippen LogP contribution in [0.15, 0.2) is 11.6 Å². The summed E-state index contributed by atoms with van der Waals surface area (Å²) in [6.45, 7) is 16.9. The van der Waals surface area contributed by atoms with Crippen molar-refractivity contribution in [2.75, 3.05) is 6.61 Å². The van der Waals surface area contributed by atoms with E-state index in [-0.39, 0.29) is 51.7 Å². The maximum atomic E-state index is 12.3. The van der Waals surface area contributed by atoms with Gasteiger partial charge < -0.3 is 55.5 Å². The van der Waals surface area contributed by atoms with Gasteiger partial charge in [-0.2, -0.15) is 0 Å². The lowest BCUT2D eigenvalue weighted by atomic mass is 9.35. The molecular weight excluding hydrogens is 653 g/mol. The fourth-order valence-corrected chi connectivity index (χ4v) is 12.3. The highest BCUT2D eigenvalue weighted by Gasteiger charge is 2.71. The molecule has 1 aliphatic heterocycles. The summed E-state index contributed by atoms with van der Waals surface area (Å²) in [7, 11) is -5.14. The topological polar surface area (TPSA) is 226 Å². The molecule has 5 unspecified atom stereocenters. The van der Waals surface area contributed by atoms with Gasteiger partial charge in [0.25, 0.3) is 7.82 Å². The molecule has 0 radical (unpaired) electrons. The van der Waals surface area contributed by atoms with Crippen LogP contribution in [0.3, 0.4) is 0 Å². The Morgan fingerprint density at radius 2 is 1.57 bits per heavy atom. The first-order chi connectivity index (χ1) is 22.0. The second-order valence-electron chi connectivity index (χ2n) is 17.9. The van der Waals surface area contributed by atoms with E-state index in [0.717, 1.165) is 44.1 Å². The van der Waals surface area contributed by atoms with Crippen LogP contribution in [-0.4, -0.2) is 85.5 Å². The van der Waals surface area contributed by atoms with Crippen LogP contribution in [0.5, 0.6) is 0 Å². The molecule has 0 aromatic heterocycles. The van der Waals surface area contributed by atoms with Crippen molar-refractivity contribution in [1.29, 1.82) is 0 Å². The number of phosphoric acid groups is 1. The van der Waals surface area contributed by atoms with Gasteiger partial charge in [0.2, 0.25) is 0 Å². The molecule has 4 aliphatic carbocycles. The summed E-state index contributed by atoms with van der Waals surface area (Å²) in [5, 5.41) is 55.7. The van der Waals surface area contributed by atoms with Crippen molar-refractivity contribution < 1.29 is 53.9 Å². The minimum absolute atomic E-state index is 0. The number of phosphoric ester groups is 1. The summed E-state index contributed by atoms with van der Waals surface area (Å²) >= 11 is 0. The van der Waals surface area contributed by atoms with Gasteiger partial charge >= 0.3 is 0 Å². The number of aliphatic hydroxyl groups is 5. The maximum Gasteiger partial charge on any atom is 0.265 e. The third kappa shape index (κ3) is 7.01. The largest absolute Gasteiger partial charge is 0.756 e. The molecule has 16 atom stereocenters. The van der Waals surface area contributed by atoms with Gasteiger partial charge in [-0.15, -0.1) is 0 Å². The normalized spacial score (nSPS) is 48.5. The molecule has 5 fully saturated rings. The van der Waals surface area contributed by atoms with E-state index in [1.54, 1.807) is 0 Å². The van der Waals surface area contributed by atoms with Crippen LogP contribution in [0.1, 0.15) is 113 Å². The van der Waals surface area contributed by atoms with Crippen molar-refractivity contribution in [3.05, 3.63) is 11.6 Å². The highest BCUT2D eigenvalue weighted by Crippen LogP contribution is 2.76.